The molecule has 1 aliphatic rings. The van der Waals surface area contributed by atoms with E-state index in [4.69, 9.17) is 16.2 Å². The molecule has 0 radical (unpaired) electrons. The van der Waals surface area contributed by atoms with Crippen molar-refractivity contribution in [2.24, 2.45) is 11.5 Å². The third-order valence-electron chi connectivity index (χ3n) is 6.25. The molecular weight excluding hydrogens is 541 g/mol. The van der Waals surface area contributed by atoms with Crippen LogP contribution in [0, 0.1) is 0 Å². The Labute approximate surface area is 237 Å². The minimum Gasteiger partial charge on any atom is -0.507 e. The topological polar surface area (TPSA) is 146 Å². The molecule has 7 N–H and O–H groups in total. The van der Waals surface area contributed by atoms with Crippen LogP contribution in [0.2, 0.25) is 0 Å². The van der Waals surface area contributed by atoms with E-state index < -0.39 is 17.4 Å². The number of alkyl halides is 2. The van der Waals surface area contributed by atoms with E-state index in [9.17, 15) is 23.5 Å². The van der Waals surface area contributed by atoms with Crippen LogP contribution >= 0.6 is 9.24 Å². The zero-order valence-electron chi connectivity index (χ0n) is 23.9. The van der Waals surface area contributed by atoms with Crippen LogP contribution in [0.1, 0.15) is 51.7 Å². The Balaban J connectivity index is 1.90. The van der Waals surface area contributed by atoms with Gasteiger partial charge in [0.1, 0.15) is 11.4 Å². The van der Waals surface area contributed by atoms with Crippen LogP contribution < -0.4 is 22.1 Å². The number of ether oxygens (including phenoxy) is 1. The second-order valence-electron chi connectivity index (χ2n) is 11.0. The Hall–Kier alpha value is -3.11. The van der Waals surface area contributed by atoms with Gasteiger partial charge in [-0.15, -0.1) is 0 Å². The highest BCUT2D eigenvalue weighted by molar-refractivity contribution is 7.17. The molecule has 0 aliphatic carbocycles. The van der Waals surface area contributed by atoms with Crippen molar-refractivity contribution >= 4 is 26.9 Å². The SMILES string of the molecule is CC(/C=C(\N)NC1CCCN(CC(=O)N(C)CCNC(=O)OC(C)(C)C)C1)=C(/N)c1ccc(C(F)(F)P)cc1O. The van der Waals surface area contributed by atoms with E-state index in [1.54, 1.807) is 45.7 Å². The minimum atomic E-state index is -3.16. The number of amides is 2. The first-order chi connectivity index (χ1) is 18.5. The number of piperidine rings is 1. The molecule has 2 unspecified atom stereocenters. The largest absolute Gasteiger partial charge is 0.507 e. The Kier molecular flexibility index (Phi) is 11.6. The van der Waals surface area contributed by atoms with Crippen molar-refractivity contribution in [3.63, 3.8) is 0 Å². The number of aromatic hydroxyl groups is 1. The number of hydrogen-bond acceptors (Lipinski definition) is 8. The fourth-order valence-electron chi connectivity index (χ4n) is 4.16. The van der Waals surface area contributed by atoms with Crippen LogP contribution in [0.5, 0.6) is 5.75 Å². The van der Waals surface area contributed by atoms with Crippen molar-refractivity contribution < 1.29 is 28.2 Å². The predicted octanol–water partition coefficient (Wildman–Crippen LogP) is 2.84. The quantitative estimate of drug-likeness (QED) is 0.209. The van der Waals surface area contributed by atoms with Gasteiger partial charge in [0, 0.05) is 49.5 Å². The van der Waals surface area contributed by atoms with Crippen LogP contribution in [-0.2, 0) is 15.2 Å². The van der Waals surface area contributed by atoms with Gasteiger partial charge in [-0.25, -0.2) is 4.79 Å². The lowest BCUT2D eigenvalue weighted by Crippen LogP contribution is -2.50. The normalized spacial score (nSPS) is 17.6. The number of carbonyl (C=O) groups is 2. The number of phenols is 1. The summed E-state index contributed by atoms with van der Waals surface area (Å²) in [5.74, 6) is -0.0573. The van der Waals surface area contributed by atoms with Crippen LogP contribution in [0.25, 0.3) is 5.70 Å². The summed E-state index contributed by atoms with van der Waals surface area (Å²) in [6.45, 7) is 9.31. The molecule has 1 saturated heterocycles. The number of allylic oxidation sites excluding steroid dienone is 2. The number of likely N-dealkylation sites (tertiary alicyclic amines) is 1. The first kappa shape index (κ1) is 33.1. The second kappa shape index (κ2) is 14.0. The van der Waals surface area contributed by atoms with Crippen molar-refractivity contribution in [1.29, 1.82) is 0 Å². The Morgan fingerprint density at radius 3 is 2.58 bits per heavy atom. The van der Waals surface area contributed by atoms with Gasteiger partial charge >= 0.3 is 6.09 Å². The van der Waals surface area contributed by atoms with Gasteiger partial charge < -0.3 is 36.8 Å². The van der Waals surface area contributed by atoms with E-state index >= 15 is 0 Å². The first-order valence-electron chi connectivity index (χ1n) is 13.1. The lowest BCUT2D eigenvalue weighted by atomic mass is 10.0. The number of nitrogens with zero attached hydrogens (tertiary/aromatic N) is 2. The highest BCUT2D eigenvalue weighted by Gasteiger charge is 2.26. The monoisotopic (exact) mass is 584 g/mol. The zero-order chi connectivity index (χ0) is 30.3. The zero-order valence-corrected chi connectivity index (χ0v) is 25.0. The number of nitrogens with one attached hydrogen (secondary N) is 2. The van der Waals surface area contributed by atoms with Crippen LogP contribution in [-0.4, -0.2) is 78.3 Å². The molecule has 0 spiro atoms. The molecule has 13 heteroatoms. The van der Waals surface area contributed by atoms with Gasteiger partial charge in [0.15, 0.2) is 0 Å². The molecule has 1 aromatic carbocycles. The standard InChI is InChI=1S/C27H43F2N6O4P/c1-17(24(31)20-9-8-18(14-21(20)36)27(28,29)40)13-22(30)33-19-7-6-11-35(15-19)16-23(37)34(5)12-10-32-25(38)39-26(2,3)4/h8-9,13-14,19,33,36H,6-7,10-12,15-16,30-31,40H2,1-5H3,(H,32,38)/b22-13+,24-17-. The Morgan fingerprint density at radius 2 is 1.98 bits per heavy atom. The molecule has 1 heterocycles. The molecule has 224 valence electrons. The number of benzene rings is 1. The summed E-state index contributed by atoms with van der Waals surface area (Å²) in [6.07, 6.45) is 2.84. The van der Waals surface area contributed by atoms with Gasteiger partial charge in [-0.05, 0) is 70.9 Å². The lowest BCUT2D eigenvalue weighted by Gasteiger charge is -2.34. The van der Waals surface area contributed by atoms with Crippen LogP contribution in [0.4, 0.5) is 13.6 Å². The van der Waals surface area contributed by atoms with Gasteiger partial charge in [-0.1, -0.05) is 15.3 Å². The van der Waals surface area contributed by atoms with Gasteiger partial charge in [0.25, 0.3) is 5.66 Å². The number of carbonyl (C=O) groups excluding carboxylic acids is 2. The maximum absolute atomic E-state index is 13.5. The highest BCUT2D eigenvalue weighted by Crippen LogP contribution is 2.38. The number of likely N-dealkylation sites (N-methyl/N-ethyl adjacent to an activating group) is 1. The van der Waals surface area contributed by atoms with Gasteiger partial charge in [-0.2, -0.15) is 8.78 Å². The smallest absolute Gasteiger partial charge is 0.407 e. The summed E-state index contributed by atoms with van der Waals surface area (Å²) < 4.78 is 32.2. The number of alkyl carbamates (subject to hydrolysis) is 1. The van der Waals surface area contributed by atoms with Gasteiger partial charge in [-0.3, -0.25) is 9.69 Å². The average molecular weight is 585 g/mol. The van der Waals surface area contributed by atoms with Gasteiger partial charge in [0.05, 0.1) is 12.4 Å². The summed E-state index contributed by atoms with van der Waals surface area (Å²) in [7, 11) is 3.12. The first-order valence-corrected chi connectivity index (χ1v) is 13.7. The number of halogens is 2. The third kappa shape index (κ3) is 10.8. The number of rotatable bonds is 10. The van der Waals surface area contributed by atoms with Crippen LogP contribution in [0.3, 0.4) is 0 Å². The molecule has 2 rings (SSSR count). The second-order valence-corrected chi connectivity index (χ2v) is 11.7. The molecule has 40 heavy (non-hydrogen) atoms. The maximum Gasteiger partial charge on any atom is 0.407 e. The van der Waals surface area contributed by atoms with E-state index in [1.807, 2.05) is 4.90 Å². The van der Waals surface area contributed by atoms with Crippen molar-refractivity contribution in [2.45, 2.75) is 57.8 Å². The minimum absolute atomic E-state index is 0.00272. The van der Waals surface area contributed by atoms with Crippen molar-refractivity contribution in [2.75, 3.05) is 39.8 Å². The van der Waals surface area contributed by atoms with Crippen molar-refractivity contribution in [3.8, 4) is 5.75 Å². The van der Waals surface area contributed by atoms with Crippen molar-refractivity contribution in [3.05, 3.63) is 46.8 Å². The van der Waals surface area contributed by atoms with E-state index in [0.717, 1.165) is 25.5 Å². The number of hydrogen-bond donors (Lipinski definition) is 5. The molecule has 0 saturated carbocycles. The molecule has 1 aromatic rings. The van der Waals surface area contributed by atoms with Gasteiger partial charge in [0.2, 0.25) is 5.91 Å². The molecule has 1 aliphatic heterocycles. The van der Waals surface area contributed by atoms with E-state index in [1.165, 1.54) is 21.4 Å². The average Bonchev–Trinajstić information content (AvgIpc) is 2.81. The highest BCUT2D eigenvalue weighted by atomic mass is 31.0. The molecular formula is C27H43F2N6O4P. The lowest BCUT2D eigenvalue weighted by molar-refractivity contribution is -0.131. The molecule has 2 atom stereocenters. The summed E-state index contributed by atoms with van der Waals surface area (Å²) >= 11 is 0. The number of nitrogens with two attached hydrogens (primary N) is 2. The van der Waals surface area contributed by atoms with E-state index in [2.05, 4.69) is 10.6 Å². The molecule has 1 fully saturated rings. The van der Waals surface area contributed by atoms with Crippen molar-refractivity contribution in [1.82, 2.24) is 20.4 Å². The summed E-state index contributed by atoms with van der Waals surface area (Å²) in [5.41, 5.74) is 9.29. The summed E-state index contributed by atoms with van der Waals surface area (Å²) in [6, 6.07) is 3.55. The summed E-state index contributed by atoms with van der Waals surface area (Å²) in [5, 5.41) is 16.1. The molecule has 10 nitrogen and oxygen atoms in total. The van der Waals surface area contributed by atoms with Crippen LogP contribution in [0.15, 0.2) is 35.7 Å². The van der Waals surface area contributed by atoms with E-state index in [-0.39, 0.29) is 47.6 Å². The fourth-order valence-corrected chi connectivity index (χ4v) is 4.34. The Bertz CT molecular complexity index is 1120. The predicted molar refractivity (Wildman–Crippen MR) is 155 cm³/mol. The fraction of sp³-hybridized carbons (Fsp3) is 0.556. The Morgan fingerprint density at radius 1 is 1.30 bits per heavy atom. The molecule has 0 aromatic heterocycles. The maximum atomic E-state index is 13.5. The third-order valence-corrected chi connectivity index (χ3v) is 6.58. The summed E-state index contributed by atoms with van der Waals surface area (Å²) in [4.78, 5) is 28.1. The molecule has 0 bridgehead atoms. The molecule has 2 amide bonds. The van der Waals surface area contributed by atoms with E-state index in [0.29, 0.717) is 24.5 Å². The number of phenolic OH excluding ortho intramolecular Hbond substituents is 1.